The quantitative estimate of drug-likeness (QED) is 0.0586. The van der Waals surface area contributed by atoms with Crippen molar-refractivity contribution in [2.24, 2.45) is 11.8 Å². The number of rotatable bonds is 13. The van der Waals surface area contributed by atoms with E-state index < -0.39 is 22.0 Å². The van der Waals surface area contributed by atoms with Gasteiger partial charge in [-0.3, -0.25) is 42.6 Å². The average Bonchev–Trinajstić information content (AvgIpc) is 4.22. The zero-order valence-corrected chi connectivity index (χ0v) is 44.9. The van der Waals surface area contributed by atoms with Crippen molar-refractivity contribution < 1.29 is 76.9 Å². The van der Waals surface area contributed by atoms with E-state index in [1.807, 2.05) is 72.8 Å². The van der Waals surface area contributed by atoms with Gasteiger partial charge in [-0.25, -0.2) is 0 Å². The van der Waals surface area contributed by atoms with Crippen molar-refractivity contribution in [3.63, 3.8) is 0 Å². The number of hydrogen-bond acceptors (Lipinski definition) is 17. The van der Waals surface area contributed by atoms with Gasteiger partial charge in [-0.2, -0.15) is 0 Å². The molecule has 5 unspecified atom stereocenters. The molecule has 71 heavy (non-hydrogen) atoms. The summed E-state index contributed by atoms with van der Waals surface area (Å²) in [5, 5.41) is 5.74. The van der Waals surface area contributed by atoms with Crippen LogP contribution in [0.1, 0.15) is 70.6 Å². The van der Waals surface area contributed by atoms with Crippen LogP contribution in [0.25, 0.3) is 0 Å². The first kappa shape index (κ1) is 66.2. The molecule has 7 rings (SSSR count). The first-order chi connectivity index (χ1) is 33.2. The number of thioether (sulfide) groups is 2. The summed E-state index contributed by atoms with van der Waals surface area (Å²) in [7, 11) is 3.95. The minimum atomic E-state index is -1.48. The minimum absolute atomic E-state index is 0. The summed E-state index contributed by atoms with van der Waals surface area (Å²) in [6.07, 6.45) is 11.6. The maximum absolute atomic E-state index is 12.5. The first-order valence-electron chi connectivity index (χ1n) is 21.8. The van der Waals surface area contributed by atoms with E-state index in [1.165, 1.54) is 58.0 Å². The van der Waals surface area contributed by atoms with E-state index >= 15 is 0 Å². The number of carbonyl (C=O) groups is 8. The zero-order valence-electron chi connectivity index (χ0n) is 40.2. The molecule has 0 radical (unpaired) electrons. The normalized spacial score (nSPS) is 17.1. The van der Waals surface area contributed by atoms with Crippen molar-refractivity contribution in [2.45, 2.75) is 95.8 Å². The molecule has 4 aliphatic carbocycles. The number of benzene rings is 3. The number of carbonyl (C=O) groups excluding carboxylic acids is 8. The number of ether oxygens (including phenoxy) is 4. The molecule has 0 heterocycles. The maximum Gasteiger partial charge on any atom is 2.00 e. The van der Waals surface area contributed by atoms with Crippen LogP contribution < -0.4 is 0 Å². The Morgan fingerprint density at radius 3 is 1.59 bits per heavy atom. The second kappa shape index (κ2) is 38.9. The van der Waals surface area contributed by atoms with Crippen molar-refractivity contribution in [3.8, 4) is 0 Å². The van der Waals surface area contributed by atoms with E-state index in [1.54, 1.807) is 30.3 Å². The first-order valence-corrected chi connectivity index (χ1v) is 24.9. The average molecular weight is 1070 g/mol. The van der Waals surface area contributed by atoms with Crippen LogP contribution >= 0.6 is 23.5 Å². The van der Waals surface area contributed by atoms with Crippen LogP contribution in [0.2, 0.25) is 0 Å². The molecule has 2 N–H and O–H groups in total. The van der Waals surface area contributed by atoms with Gasteiger partial charge < -0.3 is 34.3 Å². The van der Waals surface area contributed by atoms with Crippen molar-refractivity contribution >= 4 is 126 Å². The van der Waals surface area contributed by atoms with Gasteiger partial charge >= 0.3 is 61.6 Å². The molecule has 0 amide bonds. The zero-order chi connectivity index (χ0) is 51.0. The predicted molar refractivity (Wildman–Crippen MR) is 269 cm³/mol. The van der Waals surface area contributed by atoms with E-state index in [9.17, 15) is 42.6 Å². The molecular formula is C51H60CaO16S3. The Balaban J connectivity index is 0.000000876. The fraction of sp³-hybridized carbons (Fsp3) is 0.392. The second-order valence-electron chi connectivity index (χ2n) is 15.2. The third-order valence-electron chi connectivity index (χ3n) is 10.3. The van der Waals surface area contributed by atoms with E-state index in [0.717, 1.165) is 34.6 Å². The Labute approximate surface area is 455 Å². The van der Waals surface area contributed by atoms with Gasteiger partial charge in [0.1, 0.15) is 22.1 Å². The molecule has 4 aliphatic rings. The third kappa shape index (κ3) is 27.0. The predicted octanol–water partition coefficient (Wildman–Crippen LogP) is 7.14. The Morgan fingerprint density at radius 1 is 0.676 bits per heavy atom. The summed E-state index contributed by atoms with van der Waals surface area (Å²) in [6, 6.07) is 28.4. The van der Waals surface area contributed by atoms with Crippen molar-refractivity contribution in [3.05, 3.63) is 115 Å². The van der Waals surface area contributed by atoms with E-state index in [-0.39, 0.29) is 108 Å². The van der Waals surface area contributed by atoms with Crippen LogP contribution in [-0.4, -0.2) is 151 Å². The van der Waals surface area contributed by atoms with Gasteiger partial charge in [0.05, 0.1) is 51.4 Å². The van der Waals surface area contributed by atoms with E-state index in [0.29, 0.717) is 62.1 Å². The maximum atomic E-state index is 12.5. The summed E-state index contributed by atoms with van der Waals surface area (Å²) in [5.74, 6) is -0.123. The number of allylic oxidation sites excluding steroid dienone is 3. The molecule has 2 fully saturated rings. The fourth-order valence-electron chi connectivity index (χ4n) is 6.87. The van der Waals surface area contributed by atoms with Gasteiger partial charge in [0.2, 0.25) is 0 Å². The molecule has 380 valence electrons. The van der Waals surface area contributed by atoms with Gasteiger partial charge in [-0.1, -0.05) is 72.7 Å². The topological polar surface area (TPSA) is 258 Å². The third-order valence-corrected chi connectivity index (χ3v) is 14.5. The van der Waals surface area contributed by atoms with Gasteiger partial charge in [0, 0.05) is 53.2 Å². The Morgan fingerprint density at radius 2 is 1.18 bits per heavy atom. The van der Waals surface area contributed by atoms with Crippen molar-refractivity contribution in [1.29, 1.82) is 0 Å². The molecule has 0 spiro atoms. The van der Waals surface area contributed by atoms with E-state index in [4.69, 9.17) is 19.4 Å². The largest absolute Gasteiger partial charge is 2.00 e. The van der Waals surface area contributed by atoms with Crippen LogP contribution in [0.15, 0.2) is 129 Å². The van der Waals surface area contributed by atoms with Crippen LogP contribution in [0.3, 0.4) is 0 Å². The molecule has 16 nitrogen and oxygen atoms in total. The number of methoxy groups -OCH3 is 4. The fourth-order valence-corrected chi connectivity index (χ4v) is 10.4. The Bertz CT molecular complexity index is 2220. The monoisotopic (exact) mass is 1060 g/mol. The standard InChI is InChI=1S/C14H16O4S.C14H16O3S.C9H10O2S.C8H10O3.C5H6O.CHO2.Ca.H2O/c1-18-14(16)13(10-7-8-11(15)9-10)19(17)12-5-3-2-4-6-12;1-17-14(16)13(10-7-8-11(15)9-10)18-12-5-3-2-4-6-12;1-11-9(10)7-12-8-5-3-2-4-6-8;1-11-8(10)5-6-2-3-7(9)4-6;6-5-3-1-2-4-5;2-1-3;;/h2-6,10,13H,7-9H2,1H3;2-6,10,13H,7-9H2,1H3;2-6H,7H2,1H3;4H,2-3,5H2,1H3;1,3H,2,4H2;(H,2,3);;1H2/q;;;;;-1;+2;/p-1. The van der Waals surface area contributed by atoms with Crippen LogP contribution in [-0.2, 0) is 72.9 Å². The second-order valence-corrected chi connectivity index (χ2v) is 19.0. The Hall–Kier alpha value is -4.76. The Kier molecular flexibility index (Phi) is 36.3. The molecule has 20 heteroatoms. The smallest absolute Gasteiger partial charge is 0.870 e. The van der Waals surface area contributed by atoms with Crippen LogP contribution in [0.4, 0.5) is 0 Å². The molecule has 0 saturated heterocycles. The molecule has 3 aromatic carbocycles. The van der Waals surface area contributed by atoms with E-state index in [2.05, 4.69) is 9.47 Å². The SMILES string of the molecule is COC(=O)C(C1CCC(=O)C1)S(=O)c1ccccc1.COC(=O)C(Sc1ccccc1)C1CCC(=O)C1.COC(=O)CC1=CC(=O)CC1.COC(=O)CSc1ccccc1.O=C1C=CCC1.O=[C-]O.[Ca+2].[OH-]. The summed E-state index contributed by atoms with van der Waals surface area (Å²) < 4.78 is 31.1. The number of esters is 4. The summed E-state index contributed by atoms with van der Waals surface area (Å²) >= 11 is 2.97. The minimum Gasteiger partial charge on any atom is -0.870 e. The molecule has 3 aromatic rings. The van der Waals surface area contributed by atoms with Gasteiger partial charge in [0.25, 0.3) is 0 Å². The molecule has 0 aliphatic heterocycles. The van der Waals surface area contributed by atoms with Gasteiger partial charge in [-0.15, -0.1) is 23.5 Å². The molecule has 2 saturated carbocycles. The summed E-state index contributed by atoms with van der Waals surface area (Å²) in [6.45, 7) is 0.500. The number of aliphatic hydroxyl groups excluding tert-OH is 1. The van der Waals surface area contributed by atoms with Crippen LogP contribution in [0.5, 0.6) is 0 Å². The van der Waals surface area contributed by atoms with Crippen molar-refractivity contribution in [2.75, 3.05) is 34.2 Å². The summed E-state index contributed by atoms with van der Waals surface area (Å²) in [5.41, 5.74) is 0.891. The molecule has 5 atom stereocenters. The number of hydrogen-bond donors (Lipinski definition) is 1. The van der Waals surface area contributed by atoms with Gasteiger partial charge in [-0.05, 0) is 86.1 Å². The number of Topliss-reactive ketones (excluding diaryl/α,β-unsaturated/α-hetero) is 2. The molecule has 0 aromatic heterocycles. The molecule has 0 bridgehead atoms. The number of ketones is 4. The van der Waals surface area contributed by atoms with Crippen LogP contribution in [0, 0.1) is 11.8 Å². The van der Waals surface area contributed by atoms with Crippen molar-refractivity contribution in [1.82, 2.24) is 0 Å². The van der Waals surface area contributed by atoms with Gasteiger partial charge in [0.15, 0.2) is 11.6 Å². The summed E-state index contributed by atoms with van der Waals surface area (Å²) in [4.78, 5) is 99.7. The molecular weight excluding hydrogens is 1000 g/mol.